The average Bonchev–Trinajstić information content (AvgIpc) is 3.22. The van der Waals surface area contributed by atoms with Gasteiger partial charge in [-0.3, -0.25) is 4.90 Å². The van der Waals surface area contributed by atoms with Crippen molar-refractivity contribution in [1.82, 2.24) is 25.7 Å². The van der Waals surface area contributed by atoms with Gasteiger partial charge in [-0.15, -0.1) is 0 Å². The predicted octanol–water partition coefficient (Wildman–Crippen LogP) is 2.80. The van der Waals surface area contributed by atoms with Gasteiger partial charge in [0, 0.05) is 42.8 Å². The van der Waals surface area contributed by atoms with E-state index in [0.717, 1.165) is 50.9 Å². The van der Waals surface area contributed by atoms with Gasteiger partial charge in [-0.25, -0.2) is 4.99 Å². The molecule has 0 bridgehead atoms. The first-order valence-corrected chi connectivity index (χ1v) is 10.9. The number of benzene rings is 1. The molecule has 0 amide bonds. The van der Waals surface area contributed by atoms with Gasteiger partial charge in [-0.2, -0.15) is 4.98 Å². The molecule has 1 saturated heterocycles. The zero-order valence-electron chi connectivity index (χ0n) is 17.9. The van der Waals surface area contributed by atoms with E-state index in [1.54, 1.807) is 0 Å². The minimum atomic E-state index is 0.298. The summed E-state index contributed by atoms with van der Waals surface area (Å²) in [4.78, 5) is 11.5. The number of hydrogen-bond donors (Lipinski definition) is 2. The first-order valence-electron chi connectivity index (χ1n) is 10.5. The molecule has 2 aromatic rings. The molecule has 1 aliphatic rings. The third kappa shape index (κ3) is 6.42. The van der Waals surface area contributed by atoms with Gasteiger partial charge in [-0.05, 0) is 25.0 Å². The fourth-order valence-corrected chi connectivity index (χ4v) is 3.64. The van der Waals surface area contributed by atoms with Gasteiger partial charge in [0.1, 0.15) is 6.54 Å². The van der Waals surface area contributed by atoms with Crippen LogP contribution in [0.2, 0.25) is 5.02 Å². The Labute approximate surface area is 183 Å². The maximum Gasteiger partial charge on any atom is 0.248 e. The summed E-state index contributed by atoms with van der Waals surface area (Å²) >= 11 is 6.04. The average molecular weight is 435 g/mol. The number of aliphatic imine (C=N–C) groups is 1. The summed E-state index contributed by atoms with van der Waals surface area (Å²) < 4.78 is 10.9. The highest BCUT2D eigenvalue weighted by Crippen LogP contribution is 2.20. The van der Waals surface area contributed by atoms with E-state index in [2.05, 4.69) is 44.5 Å². The molecule has 1 fully saturated rings. The van der Waals surface area contributed by atoms with Crippen LogP contribution < -0.4 is 10.6 Å². The molecule has 164 valence electrons. The van der Waals surface area contributed by atoms with Crippen molar-refractivity contribution >= 4 is 17.6 Å². The lowest BCUT2D eigenvalue weighted by molar-refractivity contribution is 0.00752. The van der Waals surface area contributed by atoms with Crippen LogP contribution in [-0.4, -0.2) is 66.4 Å². The van der Waals surface area contributed by atoms with E-state index in [9.17, 15) is 0 Å². The zero-order chi connectivity index (χ0) is 21.3. The largest absolute Gasteiger partial charge is 0.379 e. The SMILES string of the molecule is CCNC(=NCc1nc(-c2cccc(Cl)c2)no1)NCC(C(C)C)N1CCOCC1. The molecule has 0 radical (unpaired) electrons. The van der Waals surface area contributed by atoms with Crippen molar-refractivity contribution in [1.29, 1.82) is 0 Å². The summed E-state index contributed by atoms with van der Waals surface area (Å²) in [5, 5.41) is 11.4. The Hall–Kier alpha value is -2.16. The van der Waals surface area contributed by atoms with E-state index < -0.39 is 0 Å². The van der Waals surface area contributed by atoms with Crippen molar-refractivity contribution < 1.29 is 9.26 Å². The quantitative estimate of drug-likeness (QED) is 0.487. The molecule has 1 aromatic heterocycles. The molecular formula is C21H31ClN6O2. The molecule has 0 saturated carbocycles. The monoisotopic (exact) mass is 434 g/mol. The fraction of sp³-hybridized carbons (Fsp3) is 0.571. The lowest BCUT2D eigenvalue weighted by atomic mass is 10.0. The maximum atomic E-state index is 6.04. The van der Waals surface area contributed by atoms with Crippen molar-refractivity contribution in [2.45, 2.75) is 33.4 Å². The summed E-state index contributed by atoms with van der Waals surface area (Å²) in [6.07, 6.45) is 0. The number of nitrogens with one attached hydrogen (secondary N) is 2. The van der Waals surface area contributed by atoms with E-state index in [1.165, 1.54) is 0 Å². The second-order valence-electron chi connectivity index (χ2n) is 7.56. The predicted molar refractivity (Wildman–Crippen MR) is 119 cm³/mol. The van der Waals surface area contributed by atoms with E-state index >= 15 is 0 Å². The molecule has 1 aromatic carbocycles. The molecular weight excluding hydrogens is 404 g/mol. The Morgan fingerprint density at radius 2 is 2.07 bits per heavy atom. The van der Waals surface area contributed by atoms with Gasteiger partial charge in [0.25, 0.3) is 0 Å². The number of morpholine rings is 1. The van der Waals surface area contributed by atoms with Crippen molar-refractivity contribution in [3.63, 3.8) is 0 Å². The van der Waals surface area contributed by atoms with E-state index in [4.69, 9.17) is 20.9 Å². The lowest BCUT2D eigenvalue weighted by Crippen LogP contribution is -2.52. The van der Waals surface area contributed by atoms with Gasteiger partial charge in [-0.1, -0.05) is 42.7 Å². The third-order valence-electron chi connectivity index (χ3n) is 5.03. The van der Waals surface area contributed by atoms with Crippen LogP contribution in [0, 0.1) is 5.92 Å². The summed E-state index contributed by atoms with van der Waals surface area (Å²) in [7, 11) is 0. The van der Waals surface area contributed by atoms with Crippen molar-refractivity contribution in [3.05, 3.63) is 35.2 Å². The van der Waals surface area contributed by atoms with Gasteiger partial charge in [0.05, 0.1) is 13.2 Å². The molecule has 0 aliphatic carbocycles. The van der Waals surface area contributed by atoms with Crippen molar-refractivity contribution in [2.24, 2.45) is 10.9 Å². The molecule has 3 rings (SSSR count). The summed E-state index contributed by atoms with van der Waals surface area (Å²) in [5.74, 6) is 2.22. The summed E-state index contributed by atoms with van der Waals surface area (Å²) in [6, 6.07) is 7.79. The molecule has 1 aliphatic heterocycles. The van der Waals surface area contributed by atoms with Gasteiger partial charge in [0.15, 0.2) is 5.96 Å². The summed E-state index contributed by atoms with van der Waals surface area (Å²) in [6.45, 7) is 11.9. The number of aromatic nitrogens is 2. The van der Waals surface area contributed by atoms with Crippen LogP contribution in [0.5, 0.6) is 0 Å². The molecule has 2 heterocycles. The van der Waals surface area contributed by atoms with Crippen LogP contribution in [-0.2, 0) is 11.3 Å². The van der Waals surface area contributed by atoms with Crippen molar-refractivity contribution in [2.75, 3.05) is 39.4 Å². The minimum absolute atomic E-state index is 0.298. The Morgan fingerprint density at radius 3 is 2.77 bits per heavy atom. The van der Waals surface area contributed by atoms with Crippen LogP contribution >= 0.6 is 11.6 Å². The van der Waals surface area contributed by atoms with Crippen LogP contribution in [0.15, 0.2) is 33.8 Å². The normalized spacial score (nSPS) is 16.6. The van der Waals surface area contributed by atoms with Crippen molar-refractivity contribution in [3.8, 4) is 11.4 Å². The van der Waals surface area contributed by atoms with Crippen LogP contribution in [0.1, 0.15) is 26.7 Å². The Bertz CT molecular complexity index is 819. The second kappa shape index (κ2) is 11.3. The molecule has 2 N–H and O–H groups in total. The standard InChI is InChI=1S/C21H31ClN6O2/c1-4-23-21(24-13-18(15(2)3)28-8-10-29-11-9-28)25-14-19-26-20(27-30-19)16-6-5-7-17(22)12-16/h5-7,12,15,18H,4,8-11,13-14H2,1-3H3,(H2,23,24,25). The molecule has 8 nitrogen and oxygen atoms in total. The molecule has 1 atom stereocenters. The topological polar surface area (TPSA) is 87.8 Å². The number of halogens is 1. The number of nitrogens with zero attached hydrogens (tertiary/aromatic N) is 4. The Morgan fingerprint density at radius 1 is 1.27 bits per heavy atom. The highest BCUT2D eigenvalue weighted by molar-refractivity contribution is 6.30. The first kappa shape index (κ1) is 22.5. The number of guanidine groups is 1. The van der Waals surface area contributed by atoms with Gasteiger partial charge >= 0.3 is 0 Å². The molecule has 30 heavy (non-hydrogen) atoms. The zero-order valence-corrected chi connectivity index (χ0v) is 18.7. The number of ether oxygens (including phenoxy) is 1. The third-order valence-corrected chi connectivity index (χ3v) is 5.27. The highest BCUT2D eigenvalue weighted by Gasteiger charge is 2.23. The molecule has 9 heteroatoms. The van der Waals surface area contributed by atoms with Gasteiger partial charge < -0.3 is 19.9 Å². The lowest BCUT2D eigenvalue weighted by Gasteiger charge is -2.37. The fourth-order valence-electron chi connectivity index (χ4n) is 3.45. The first-order chi connectivity index (χ1) is 14.6. The molecule has 0 spiro atoms. The minimum Gasteiger partial charge on any atom is -0.379 e. The number of rotatable bonds is 8. The van der Waals surface area contributed by atoms with E-state index in [1.807, 2.05) is 31.2 Å². The highest BCUT2D eigenvalue weighted by atomic mass is 35.5. The van der Waals surface area contributed by atoms with Crippen LogP contribution in [0.3, 0.4) is 0 Å². The molecule has 1 unspecified atom stereocenters. The Balaban J connectivity index is 1.61. The van der Waals surface area contributed by atoms with E-state index in [0.29, 0.717) is 35.2 Å². The summed E-state index contributed by atoms with van der Waals surface area (Å²) in [5.41, 5.74) is 0.816. The smallest absolute Gasteiger partial charge is 0.248 e. The van der Waals surface area contributed by atoms with E-state index in [-0.39, 0.29) is 0 Å². The Kier molecular flexibility index (Phi) is 8.48. The second-order valence-corrected chi connectivity index (χ2v) is 7.99. The van der Waals surface area contributed by atoms with Crippen LogP contribution in [0.25, 0.3) is 11.4 Å². The number of hydrogen-bond acceptors (Lipinski definition) is 6. The van der Waals surface area contributed by atoms with Crippen LogP contribution in [0.4, 0.5) is 0 Å². The van der Waals surface area contributed by atoms with Gasteiger partial charge in [0.2, 0.25) is 11.7 Å². The maximum absolute atomic E-state index is 6.04.